The summed E-state index contributed by atoms with van der Waals surface area (Å²) in [6, 6.07) is 0. The molecule has 0 aliphatic heterocycles. The van der Waals surface area contributed by atoms with Crippen LogP contribution in [0.3, 0.4) is 0 Å². The molecule has 0 aliphatic carbocycles. The Morgan fingerprint density at radius 3 is 1.75 bits per heavy atom. The molecule has 0 saturated heterocycles. The summed E-state index contributed by atoms with van der Waals surface area (Å²) < 4.78 is 15.8. The standard InChI is InChI=1S/C19H36N2O7/c1-18(2,3)27-15(23)14(10-9-13-22)26-16(24)20(7)11-12-21(8)17(25)28-19(4,5)6/h14,22H,9-13H2,1-8H3. The van der Waals surface area contributed by atoms with Crippen molar-refractivity contribution in [2.45, 2.75) is 71.7 Å². The molecule has 1 atom stereocenters. The predicted octanol–water partition coefficient (Wildman–Crippen LogP) is 2.40. The van der Waals surface area contributed by atoms with E-state index in [9.17, 15) is 14.4 Å². The van der Waals surface area contributed by atoms with Crippen molar-refractivity contribution >= 4 is 18.2 Å². The van der Waals surface area contributed by atoms with Crippen LogP contribution in [0, 0.1) is 0 Å². The van der Waals surface area contributed by atoms with E-state index in [0.717, 1.165) is 0 Å². The van der Waals surface area contributed by atoms with Crippen molar-refractivity contribution in [3.8, 4) is 0 Å². The number of hydrogen-bond donors (Lipinski definition) is 1. The number of rotatable bonds is 8. The van der Waals surface area contributed by atoms with Gasteiger partial charge in [-0.1, -0.05) is 0 Å². The van der Waals surface area contributed by atoms with E-state index in [1.54, 1.807) is 48.6 Å². The molecule has 9 heteroatoms. The number of aliphatic hydroxyl groups excluding tert-OH is 1. The van der Waals surface area contributed by atoms with Crippen LogP contribution in [-0.2, 0) is 19.0 Å². The molecule has 0 aromatic carbocycles. The van der Waals surface area contributed by atoms with Crippen LogP contribution in [0.4, 0.5) is 9.59 Å². The summed E-state index contributed by atoms with van der Waals surface area (Å²) in [7, 11) is 3.07. The summed E-state index contributed by atoms with van der Waals surface area (Å²) >= 11 is 0. The third-order valence-corrected chi connectivity index (χ3v) is 3.32. The van der Waals surface area contributed by atoms with Crippen LogP contribution in [0.2, 0.25) is 0 Å². The first-order valence-electron chi connectivity index (χ1n) is 9.36. The first-order chi connectivity index (χ1) is 12.7. The van der Waals surface area contributed by atoms with Gasteiger partial charge in [-0.05, 0) is 54.4 Å². The van der Waals surface area contributed by atoms with Crippen LogP contribution in [0.5, 0.6) is 0 Å². The second-order valence-corrected chi connectivity index (χ2v) is 8.60. The molecule has 0 aromatic rings. The van der Waals surface area contributed by atoms with Gasteiger partial charge in [-0.15, -0.1) is 0 Å². The third-order valence-electron chi connectivity index (χ3n) is 3.32. The van der Waals surface area contributed by atoms with Crippen molar-refractivity contribution in [1.82, 2.24) is 9.80 Å². The Bertz CT molecular complexity index is 523. The fraction of sp³-hybridized carbons (Fsp3) is 0.842. The molecule has 9 nitrogen and oxygen atoms in total. The Balaban J connectivity index is 4.71. The van der Waals surface area contributed by atoms with Gasteiger partial charge in [0.25, 0.3) is 0 Å². The van der Waals surface area contributed by atoms with Gasteiger partial charge in [0.2, 0.25) is 6.10 Å². The molecule has 0 saturated carbocycles. The minimum Gasteiger partial charge on any atom is -0.457 e. The summed E-state index contributed by atoms with van der Waals surface area (Å²) in [5.41, 5.74) is -1.33. The minimum absolute atomic E-state index is 0.132. The highest BCUT2D eigenvalue weighted by Crippen LogP contribution is 2.14. The Morgan fingerprint density at radius 2 is 1.32 bits per heavy atom. The van der Waals surface area contributed by atoms with E-state index in [1.807, 2.05) is 0 Å². The Kier molecular flexibility index (Phi) is 10.3. The summed E-state index contributed by atoms with van der Waals surface area (Å²) in [6.45, 7) is 10.7. The van der Waals surface area contributed by atoms with Gasteiger partial charge in [-0.2, -0.15) is 0 Å². The molecule has 164 valence electrons. The van der Waals surface area contributed by atoms with Crippen molar-refractivity contribution in [2.24, 2.45) is 0 Å². The average molecular weight is 405 g/mol. The number of likely N-dealkylation sites (N-methyl/N-ethyl adjacent to an activating group) is 2. The quantitative estimate of drug-likeness (QED) is 0.489. The highest BCUT2D eigenvalue weighted by molar-refractivity contribution is 5.79. The van der Waals surface area contributed by atoms with Crippen molar-refractivity contribution in [1.29, 1.82) is 0 Å². The van der Waals surface area contributed by atoms with Crippen LogP contribution in [0.25, 0.3) is 0 Å². The molecular formula is C19H36N2O7. The zero-order chi connectivity index (χ0) is 22.1. The predicted molar refractivity (Wildman–Crippen MR) is 104 cm³/mol. The minimum atomic E-state index is -1.11. The zero-order valence-corrected chi connectivity index (χ0v) is 18.4. The van der Waals surface area contributed by atoms with Crippen molar-refractivity contribution < 1.29 is 33.7 Å². The van der Waals surface area contributed by atoms with Crippen LogP contribution >= 0.6 is 0 Å². The van der Waals surface area contributed by atoms with Crippen molar-refractivity contribution in [3.63, 3.8) is 0 Å². The molecule has 28 heavy (non-hydrogen) atoms. The molecule has 1 unspecified atom stereocenters. The van der Waals surface area contributed by atoms with Gasteiger partial charge in [-0.3, -0.25) is 0 Å². The highest BCUT2D eigenvalue weighted by atomic mass is 16.6. The lowest BCUT2D eigenvalue weighted by molar-refractivity contribution is -0.166. The van der Waals surface area contributed by atoms with Crippen molar-refractivity contribution in [2.75, 3.05) is 33.8 Å². The van der Waals surface area contributed by atoms with E-state index in [-0.39, 0.29) is 26.1 Å². The zero-order valence-electron chi connectivity index (χ0n) is 18.4. The molecule has 0 bridgehead atoms. The second kappa shape index (κ2) is 11.1. The van der Waals surface area contributed by atoms with Crippen LogP contribution in [0.1, 0.15) is 54.4 Å². The van der Waals surface area contributed by atoms with Gasteiger partial charge >= 0.3 is 18.2 Å². The molecule has 0 fully saturated rings. The van der Waals surface area contributed by atoms with Crippen molar-refractivity contribution in [3.05, 3.63) is 0 Å². The summed E-state index contributed by atoms with van der Waals surface area (Å²) in [6.07, 6.45) is -1.87. The molecule has 0 aliphatic rings. The number of carbonyl (C=O) groups excluding carboxylic acids is 3. The summed E-state index contributed by atoms with van der Waals surface area (Å²) in [5, 5.41) is 9.00. The molecule has 0 radical (unpaired) electrons. The largest absolute Gasteiger partial charge is 0.457 e. The number of carbonyl (C=O) groups is 3. The monoisotopic (exact) mass is 404 g/mol. The molecule has 0 spiro atoms. The smallest absolute Gasteiger partial charge is 0.410 e. The van der Waals surface area contributed by atoms with E-state index in [1.165, 1.54) is 16.8 Å². The maximum absolute atomic E-state index is 12.3. The van der Waals surface area contributed by atoms with Crippen LogP contribution in [0.15, 0.2) is 0 Å². The maximum Gasteiger partial charge on any atom is 0.410 e. The lowest BCUT2D eigenvalue weighted by atomic mass is 10.1. The molecule has 1 N–H and O–H groups in total. The highest BCUT2D eigenvalue weighted by Gasteiger charge is 2.29. The number of amides is 2. The molecular weight excluding hydrogens is 368 g/mol. The lowest BCUT2D eigenvalue weighted by Crippen LogP contribution is -2.42. The van der Waals surface area contributed by atoms with Gasteiger partial charge in [0.15, 0.2) is 0 Å². The van der Waals surface area contributed by atoms with Crippen LogP contribution < -0.4 is 0 Å². The maximum atomic E-state index is 12.3. The van der Waals surface area contributed by atoms with Gasteiger partial charge in [0.05, 0.1) is 0 Å². The Hall–Kier alpha value is -2.03. The fourth-order valence-electron chi connectivity index (χ4n) is 1.90. The molecule has 0 rings (SSSR count). The van der Waals surface area contributed by atoms with E-state index < -0.39 is 35.5 Å². The van der Waals surface area contributed by atoms with Gasteiger partial charge in [-0.25, -0.2) is 14.4 Å². The van der Waals surface area contributed by atoms with Gasteiger partial charge in [0, 0.05) is 33.8 Å². The number of esters is 1. The fourth-order valence-corrected chi connectivity index (χ4v) is 1.90. The normalized spacial score (nSPS) is 12.8. The topological polar surface area (TPSA) is 106 Å². The first-order valence-corrected chi connectivity index (χ1v) is 9.36. The summed E-state index contributed by atoms with van der Waals surface area (Å²) in [5.74, 6) is -0.659. The van der Waals surface area contributed by atoms with Crippen LogP contribution in [-0.4, -0.2) is 84.2 Å². The van der Waals surface area contributed by atoms with E-state index >= 15 is 0 Å². The number of ether oxygens (including phenoxy) is 3. The summed E-state index contributed by atoms with van der Waals surface area (Å²) in [4.78, 5) is 39.1. The number of hydrogen-bond acceptors (Lipinski definition) is 7. The second-order valence-electron chi connectivity index (χ2n) is 8.60. The molecule has 2 amide bonds. The van der Waals surface area contributed by atoms with Gasteiger partial charge < -0.3 is 29.1 Å². The lowest BCUT2D eigenvalue weighted by Gasteiger charge is -2.27. The Morgan fingerprint density at radius 1 is 0.857 bits per heavy atom. The number of aliphatic hydroxyl groups is 1. The van der Waals surface area contributed by atoms with E-state index in [4.69, 9.17) is 19.3 Å². The molecule has 0 aromatic heterocycles. The SMILES string of the molecule is CN(CCN(C)C(=O)OC(C)(C)C)C(=O)OC(CCCO)C(=O)OC(C)(C)C. The average Bonchev–Trinajstić information content (AvgIpc) is 2.52. The Labute approximate surface area is 167 Å². The third kappa shape index (κ3) is 11.6. The number of nitrogens with zero attached hydrogens (tertiary/aromatic N) is 2. The molecule has 0 heterocycles. The van der Waals surface area contributed by atoms with E-state index in [0.29, 0.717) is 6.42 Å². The van der Waals surface area contributed by atoms with Gasteiger partial charge in [0.1, 0.15) is 11.2 Å². The van der Waals surface area contributed by atoms with E-state index in [2.05, 4.69) is 0 Å². The first kappa shape index (κ1) is 26.0.